The normalized spacial score (nSPS) is 15.1. The zero-order valence-corrected chi connectivity index (χ0v) is 32.6. The molecule has 5 heteroatoms. The van der Waals surface area contributed by atoms with Crippen molar-refractivity contribution >= 4 is 56.1 Å². The molecule has 0 spiro atoms. The van der Waals surface area contributed by atoms with Crippen molar-refractivity contribution in [1.29, 1.82) is 0 Å². The molecule has 5 nitrogen and oxygen atoms in total. The molecule has 0 aliphatic carbocycles. The molecule has 0 bridgehead atoms. The lowest BCUT2D eigenvalue weighted by atomic mass is 9.65. The Morgan fingerprint density at radius 2 is 1.18 bits per heavy atom. The van der Waals surface area contributed by atoms with Gasteiger partial charge < -0.3 is 4.90 Å². The minimum Gasteiger partial charge on any atom is -0.310 e. The quantitative estimate of drug-likeness (QED) is 0.182. The molecule has 0 atom stereocenters. The van der Waals surface area contributed by atoms with Crippen LogP contribution in [-0.4, -0.2) is 14.5 Å². The second-order valence-corrected chi connectivity index (χ2v) is 17.2. The molecule has 55 heavy (non-hydrogen) atoms. The van der Waals surface area contributed by atoms with Crippen molar-refractivity contribution in [1.82, 2.24) is 14.5 Å². The van der Waals surface area contributed by atoms with Gasteiger partial charge in [0.15, 0.2) is 0 Å². The van der Waals surface area contributed by atoms with Gasteiger partial charge in [-0.05, 0) is 88.3 Å². The van der Waals surface area contributed by atoms with E-state index in [9.17, 15) is 0 Å². The number of anilines is 6. The van der Waals surface area contributed by atoms with Crippen LogP contribution in [0.15, 0.2) is 146 Å². The first-order valence-corrected chi connectivity index (χ1v) is 19.3. The molecule has 0 saturated heterocycles. The molecule has 5 aromatic carbocycles. The van der Waals surface area contributed by atoms with Crippen molar-refractivity contribution in [3.63, 3.8) is 0 Å². The van der Waals surface area contributed by atoms with Gasteiger partial charge >= 0.3 is 0 Å². The molecule has 0 saturated carbocycles. The summed E-state index contributed by atoms with van der Waals surface area (Å²) < 4.78 is 2.29. The Morgan fingerprint density at radius 3 is 1.93 bits per heavy atom. The number of hydrogen-bond acceptors (Lipinski definition) is 4. The molecule has 0 radical (unpaired) electrons. The maximum Gasteiger partial charge on any atom is 0.141 e. The molecule has 0 amide bonds. The summed E-state index contributed by atoms with van der Waals surface area (Å²) in [5, 5.41) is 2.41. The van der Waals surface area contributed by atoms with Gasteiger partial charge in [0, 0.05) is 56.6 Å². The van der Waals surface area contributed by atoms with Gasteiger partial charge in [-0.3, -0.25) is 9.47 Å². The summed E-state index contributed by atoms with van der Waals surface area (Å²) in [5.74, 6) is 1.91. The Labute approximate surface area is 323 Å². The number of fused-ring (bicyclic) bond motifs is 7. The van der Waals surface area contributed by atoms with E-state index in [1.54, 1.807) is 0 Å². The van der Waals surface area contributed by atoms with Gasteiger partial charge in [-0.25, -0.2) is 9.97 Å². The summed E-state index contributed by atoms with van der Waals surface area (Å²) in [7, 11) is 0. The highest BCUT2D eigenvalue weighted by atomic mass is 15.2. The van der Waals surface area contributed by atoms with Crippen LogP contribution in [0.2, 0.25) is 0 Å². The fourth-order valence-electron chi connectivity index (χ4n) is 9.18. The van der Waals surface area contributed by atoms with Crippen molar-refractivity contribution in [2.45, 2.75) is 64.7 Å². The highest BCUT2D eigenvalue weighted by Gasteiger charge is 2.47. The summed E-state index contributed by atoms with van der Waals surface area (Å²) >= 11 is 0. The number of para-hydroxylation sites is 2. The van der Waals surface area contributed by atoms with Crippen LogP contribution in [0.5, 0.6) is 0 Å². The van der Waals surface area contributed by atoms with Gasteiger partial charge in [0.2, 0.25) is 0 Å². The van der Waals surface area contributed by atoms with Crippen LogP contribution in [-0.2, 0) is 16.2 Å². The highest BCUT2D eigenvalue weighted by molar-refractivity contribution is 6.10. The second kappa shape index (κ2) is 11.6. The first kappa shape index (κ1) is 33.4. The lowest BCUT2D eigenvalue weighted by Gasteiger charge is -2.49. The third-order valence-electron chi connectivity index (χ3n) is 12.2. The second-order valence-electron chi connectivity index (χ2n) is 17.2. The van der Waals surface area contributed by atoms with E-state index in [1.165, 1.54) is 50.0 Å². The van der Waals surface area contributed by atoms with Crippen LogP contribution >= 0.6 is 0 Å². The van der Waals surface area contributed by atoms with Gasteiger partial charge in [0.05, 0.1) is 22.4 Å². The first-order valence-electron chi connectivity index (χ1n) is 19.3. The fourth-order valence-corrected chi connectivity index (χ4v) is 9.18. The molecule has 8 aromatic rings. The summed E-state index contributed by atoms with van der Waals surface area (Å²) in [5.41, 5.74) is 14.1. The Bertz CT molecular complexity index is 2790. The maximum absolute atomic E-state index is 5.15. The summed E-state index contributed by atoms with van der Waals surface area (Å²) in [4.78, 5) is 14.8. The Balaban J connectivity index is 1.23. The lowest BCUT2D eigenvalue weighted by Crippen LogP contribution is -2.39. The summed E-state index contributed by atoms with van der Waals surface area (Å²) in [6.45, 7) is 16.5. The average molecular weight is 716 g/mol. The molecule has 0 N–H and O–H groups in total. The largest absolute Gasteiger partial charge is 0.310 e. The SMILES string of the molecule is CC(C)(C)c1cc2c3c(c1)C(C)(C)c1cccnc1N3c1cc(N(c3ccccc3)c3ccc4c5ccccc5n(-c5ccccn5)c4c3)ccc1C2(C)C. The molecule has 10 rings (SSSR count). The highest BCUT2D eigenvalue weighted by Crippen LogP contribution is 2.61. The zero-order chi connectivity index (χ0) is 37.9. The standard InChI is InChI=1S/C50H45N5/c1-48(2,3)32-28-40-46-41(29-32)50(6,7)39-19-15-27-52-47(39)55(46)44-31-35(23-25-38(44)49(40,4)5)53(33-16-9-8-10-17-33)34-22-24-37-36-18-11-12-20-42(36)54(43(37)30-34)45-21-13-14-26-51-45/h8-31H,1-7H3. The van der Waals surface area contributed by atoms with E-state index in [-0.39, 0.29) is 16.2 Å². The number of pyridine rings is 2. The van der Waals surface area contributed by atoms with Crippen LogP contribution in [0.4, 0.5) is 34.3 Å². The number of rotatable bonds is 4. The molecule has 0 fully saturated rings. The van der Waals surface area contributed by atoms with Gasteiger partial charge in [-0.2, -0.15) is 0 Å². The lowest BCUT2D eigenvalue weighted by molar-refractivity contribution is 0.562. The summed E-state index contributed by atoms with van der Waals surface area (Å²) in [6, 6.07) is 48.7. The Kier molecular flexibility index (Phi) is 7.07. The van der Waals surface area contributed by atoms with Gasteiger partial charge in [0.1, 0.15) is 11.6 Å². The number of hydrogen-bond donors (Lipinski definition) is 0. The van der Waals surface area contributed by atoms with Crippen molar-refractivity contribution < 1.29 is 0 Å². The van der Waals surface area contributed by atoms with Gasteiger partial charge in [-0.15, -0.1) is 0 Å². The Hall–Kier alpha value is -6.20. The monoisotopic (exact) mass is 715 g/mol. The number of aromatic nitrogens is 3. The van der Waals surface area contributed by atoms with Crippen molar-refractivity contribution in [2.24, 2.45) is 0 Å². The molecule has 3 aromatic heterocycles. The summed E-state index contributed by atoms with van der Waals surface area (Å²) in [6.07, 6.45) is 3.81. The van der Waals surface area contributed by atoms with E-state index in [0.717, 1.165) is 39.7 Å². The third kappa shape index (κ3) is 4.85. The number of benzene rings is 5. The van der Waals surface area contributed by atoms with E-state index in [1.807, 2.05) is 18.5 Å². The van der Waals surface area contributed by atoms with E-state index >= 15 is 0 Å². The topological polar surface area (TPSA) is 37.2 Å². The molecule has 2 aliphatic heterocycles. The molecule has 5 heterocycles. The molecule has 2 aliphatic rings. The van der Waals surface area contributed by atoms with Crippen LogP contribution in [0, 0.1) is 0 Å². The predicted molar refractivity (Wildman–Crippen MR) is 229 cm³/mol. The van der Waals surface area contributed by atoms with Crippen LogP contribution < -0.4 is 9.80 Å². The van der Waals surface area contributed by atoms with Gasteiger partial charge in [0.25, 0.3) is 0 Å². The van der Waals surface area contributed by atoms with E-state index in [0.29, 0.717) is 0 Å². The maximum atomic E-state index is 5.15. The molecular weight excluding hydrogens is 671 g/mol. The van der Waals surface area contributed by atoms with Crippen LogP contribution in [0.1, 0.15) is 76.3 Å². The smallest absolute Gasteiger partial charge is 0.141 e. The molecular formula is C50H45N5. The Morgan fingerprint density at radius 1 is 0.527 bits per heavy atom. The minimum absolute atomic E-state index is 0.00143. The van der Waals surface area contributed by atoms with Crippen molar-refractivity contribution in [2.75, 3.05) is 9.80 Å². The third-order valence-corrected chi connectivity index (χ3v) is 12.2. The van der Waals surface area contributed by atoms with Crippen LogP contribution in [0.3, 0.4) is 0 Å². The fraction of sp³-hybridized carbons (Fsp3) is 0.200. The van der Waals surface area contributed by atoms with Crippen LogP contribution in [0.25, 0.3) is 27.6 Å². The predicted octanol–water partition coefficient (Wildman–Crippen LogP) is 13.1. The van der Waals surface area contributed by atoms with Crippen molar-refractivity contribution in [3.05, 3.63) is 174 Å². The molecule has 0 unspecified atom stereocenters. The molecule has 270 valence electrons. The van der Waals surface area contributed by atoms with E-state index < -0.39 is 0 Å². The average Bonchev–Trinajstić information content (AvgIpc) is 3.52. The van der Waals surface area contributed by atoms with Gasteiger partial charge in [-0.1, -0.05) is 121 Å². The van der Waals surface area contributed by atoms with E-state index in [2.05, 4.69) is 190 Å². The first-order chi connectivity index (χ1) is 26.4. The van der Waals surface area contributed by atoms with Crippen molar-refractivity contribution in [3.8, 4) is 5.82 Å². The zero-order valence-electron chi connectivity index (χ0n) is 32.6. The number of nitrogens with zero attached hydrogens (tertiary/aromatic N) is 5. The van der Waals surface area contributed by atoms with E-state index in [4.69, 9.17) is 9.97 Å². The minimum atomic E-state index is -0.252.